The molecule has 32 heavy (non-hydrogen) atoms. The van der Waals surface area contributed by atoms with Crippen LogP contribution in [0.2, 0.25) is 0 Å². The number of nitrogens with zero attached hydrogens (tertiary/aromatic N) is 1. The van der Waals surface area contributed by atoms with E-state index in [1.165, 1.54) is 23.6 Å². The number of fused-ring (bicyclic) bond motifs is 3. The van der Waals surface area contributed by atoms with Crippen molar-refractivity contribution < 1.29 is 4.79 Å². The van der Waals surface area contributed by atoms with E-state index in [-0.39, 0.29) is 17.3 Å². The molecule has 160 valence electrons. The van der Waals surface area contributed by atoms with Crippen LogP contribution in [0.4, 0.5) is 0 Å². The van der Waals surface area contributed by atoms with Gasteiger partial charge < -0.3 is 15.6 Å². The largest absolute Gasteiger partial charge is 0.384 e. The molecule has 1 amide bonds. The van der Waals surface area contributed by atoms with Crippen LogP contribution < -0.4 is 11.1 Å². The van der Waals surface area contributed by atoms with E-state index >= 15 is 0 Å². The first-order valence-corrected chi connectivity index (χ1v) is 11.3. The highest BCUT2D eigenvalue weighted by molar-refractivity contribution is 6.02. The fraction of sp³-hybridized carbons (Fsp3) is 0.259. The number of hydrogen-bond acceptors (Lipinski definition) is 2. The summed E-state index contributed by atoms with van der Waals surface area (Å²) in [6.07, 6.45) is 4.62. The predicted octanol–water partition coefficient (Wildman–Crippen LogP) is 4.80. The highest BCUT2D eigenvalue weighted by atomic mass is 16.2. The number of nitrogens with two attached hydrogens (primary N) is 1. The summed E-state index contributed by atoms with van der Waals surface area (Å²) in [5.74, 6) is 0.670. The zero-order valence-electron chi connectivity index (χ0n) is 17.9. The van der Waals surface area contributed by atoms with Gasteiger partial charge in [0.15, 0.2) is 0 Å². The number of carbonyl (C=O) groups excluding carboxylic acids is 1. The van der Waals surface area contributed by atoms with Gasteiger partial charge in [-0.1, -0.05) is 54.6 Å². The Morgan fingerprint density at radius 1 is 1.03 bits per heavy atom. The van der Waals surface area contributed by atoms with Gasteiger partial charge in [-0.2, -0.15) is 0 Å². The van der Waals surface area contributed by atoms with E-state index in [4.69, 9.17) is 11.1 Å². The SMILES string of the molecule is N=C(N)c1ccc2cc(C(=O)NC34CCC3CC4)n(Cc3cccc4ccccc34)c2c1. The predicted molar refractivity (Wildman–Crippen MR) is 128 cm³/mol. The van der Waals surface area contributed by atoms with Gasteiger partial charge in [-0.25, -0.2) is 0 Å². The van der Waals surface area contributed by atoms with Crippen LogP contribution in [-0.4, -0.2) is 21.8 Å². The van der Waals surface area contributed by atoms with Crippen LogP contribution >= 0.6 is 0 Å². The maximum absolute atomic E-state index is 13.5. The number of aromatic nitrogens is 1. The second-order valence-corrected chi connectivity index (χ2v) is 9.33. The Morgan fingerprint density at radius 3 is 2.53 bits per heavy atom. The van der Waals surface area contributed by atoms with Crippen molar-refractivity contribution in [2.24, 2.45) is 11.7 Å². The first-order chi connectivity index (χ1) is 15.5. The lowest BCUT2D eigenvalue weighted by atomic mass is 9.53. The molecule has 0 radical (unpaired) electrons. The normalized spacial score (nSPS) is 21.6. The van der Waals surface area contributed by atoms with Crippen molar-refractivity contribution in [3.8, 4) is 0 Å². The van der Waals surface area contributed by atoms with Crippen LogP contribution in [0.15, 0.2) is 66.7 Å². The molecule has 4 N–H and O–H groups in total. The molecule has 6 rings (SSSR count). The fourth-order valence-corrected chi connectivity index (χ4v) is 5.56. The van der Waals surface area contributed by atoms with Gasteiger partial charge in [-0.3, -0.25) is 10.2 Å². The molecule has 2 aliphatic carbocycles. The van der Waals surface area contributed by atoms with Gasteiger partial charge >= 0.3 is 0 Å². The zero-order valence-corrected chi connectivity index (χ0v) is 17.9. The number of rotatable bonds is 5. The summed E-state index contributed by atoms with van der Waals surface area (Å²) in [5.41, 5.74) is 9.21. The molecule has 0 saturated heterocycles. The number of amides is 1. The lowest BCUT2D eigenvalue weighted by molar-refractivity contribution is -0.0154. The number of nitrogens with one attached hydrogen (secondary N) is 2. The average molecular weight is 423 g/mol. The van der Waals surface area contributed by atoms with Crippen molar-refractivity contribution in [1.29, 1.82) is 5.41 Å². The fourth-order valence-electron chi connectivity index (χ4n) is 5.56. The minimum Gasteiger partial charge on any atom is -0.384 e. The van der Waals surface area contributed by atoms with Crippen LogP contribution in [0.5, 0.6) is 0 Å². The minimum absolute atomic E-state index is 0.00443. The molecule has 2 saturated carbocycles. The molecule has 5 nitrogen and oxygen atoms in total. The topological polar surface area (TPSA) is 83.9 Å². The van der Waals surface area contributed by atoms with Crippen LogP contribution in [0.3, 0.4) is 0 Å². The molecule has 4 aromatic rings. The molecule has 0 aliphatic heterocycles. The van der Waals surface area contributed by atoms with E-state index in [0.717, 1.165) is 29.3 Å². The van der Waals surface area contributed by atoms with Crippen LogP contribution in [-0.2, 0) is 6.54 Å². The van der Waals surface area contributed by atoms with Gasteiger partial charge in [0, 0.05) is 28.6 Å². The molecule has 0 unspecified atom stereocenters. The monoisotopic (exact) mass is 422 g/mol. The first-order valence-electron chi connectivity index (χ1n) is 11.3. The van der Waals surface area contributed by atoms with Crippen molar-refractivity contribution >= 4 is 33.4 Å². The average Bonchev–Trinajstić information content (AvgIpc) is 3.16. The van der Waals surface area contributed by atoms with Gasteiger partial charge in [-0.05, 0) is 60.1 Å². The number of hydrogen-bond donors (Lipinski definition) is 3. The van der Waals surface area contributed by atoms with Gasteiger partial charge in [-0.15, -0.1) is 0 Å². The smallest absolute Gasteiger partial charge is 0.268 e. The van der Waals surface area contributed by atoms with Gasteiger partial charge in [0.05, 0.1) is 0 Å². The van der Waals surface area contributed by atoms with Crippen LogP contribution in [0.1, 0.15) is 47.3 Å². The zero-order chi connectivity index (χ0) is 21.9. The summed E-state index contributed by atoms with van der Waals surface area (Å²) in [6, 6.07) is 22.3. The van der Waals surface area contributed by atoms with Crippen LogP contribution in [0, 0.1) is 11.3 Å². The molecule has 0 bridgehead atoms. The lowest BCUT2D eigenvalue weighted by Crippen LogP contribution is -2.66. The third-order valence-corrected chi connectivity index (χ3v) is 7.68. The Balaban J connectivity index is 1.47. The number of benzene rings is 3. The Morgan fingerprint density at radius 2 is 1.81 bits per heavy atom. The molecule has 1 aromatic heterocycles. The van der Waals surface area contributed by atoms with E-state index in [0.29, 0.717) is 23.7 Å². The molecule has 5 heteroatoms. The van der Waals surface area contributed by atoms with Crippen molar-refractivity contribution in [1.82, 2.24) is 9.88 Å². The Hall–Kier alpha value is -3.60. The van der Waals surface area contributed by atoms with Crippen molar-refractivity contribution in [3.05, 3.63) is 83.6 Å². The highest BCUT2D eigenvalue weighted by Gasteiger charge is 2.54. The van der Waals surface area contributed by atoms with Gasteiger partial charge in [0.25, 0.3) is 5.91 Å². The molecule has 1 heterocycles. The van der Waals surface area contributed by atoms with E-state index in [1.807, 2.05) is 36.4 Å². The number of amidine groups is 1. The van der Waals surface area contributed by atoms with Gasteiger partial charge in [0.1, 0.15) is 11.5 Å². The van der Waals surface area contributed by atoms with E-state index in [1.54, 1.807) is 0 Å². The van der Waals surface area contributed by atoms with Gasteiger partial charge in [0.2, 0.25) is 0 Å². The third-order valence-electron chi connectivity index (χ3n) is 7.68. The maximum atomic E-state index is 13.5. The summed E-state index contributed by atoms with van der Waals surface area (Å²) >= 11 is 0. The van der Waals surface area contributed by atoms with E-state index < -0.39 is 0 Å². The molecule has 2 aliphatic rings. The Kier molecular flexibility index (Phi) is 4.15. The summed E-state index contributed by atoms with van der Waals surface area (Å²) in [4.78, 5) is 13.5. The van der Waals surface area contributed by atoms with Crippen molar-refractivity contribution in [2.45, 2.75) is 37.8 Å². The molecule has 0 atom stereocenters. The Labute approximate surface area is 186 Å². The summed E-state index contributed by atoms with van der Waals surface area (Å²) < 4.78 is 2.09. The summed E-state index contributed by atoms with van der Waals surface area (Å²) in [6.45, 7) is 0.575. The standard InChI is InChI=1S/C27H26N4O/c28-25(29)19-9-8-18-14-24(26(32)30-27-12-10-21(27)11-13-27)31(23(18)15-19)16-20-6-3-5-17-4-1-2-7-22(17)20/h1-9,14-15,21H,10-13,16H2,(H3,28,29)(H,30,32). The highest BCUT2D eigenvalue weighted by Crippen LogP contribution is 2.53. The first kappa shape index (κ1) is 19.1. The minimum atomic E-state index is -0.00443. The maximum Gasteiger partial charge on any atom is 0.268 e. The van der Waals surface area contributed by atoms with Crippen molar-refractivity contribution in [3.63, 3.8) is 0 Å². The number of carbonyl (C=O) groups is 1. The molecule has 2 fully saturated rings. The molecular formula is C27H26N4O. The quantitative estimate of drug-likeness (QED) is 0.319. The second-order valence-electron chi connectivity index (χ2n) is 9.33. The van der Waals surface area contributed by atoms with E-state index in [9.17, 15) is 4.79 Å². The molecule has 0 spiro atoms. The van der Waals surface area contributed by atoms with E-state index in [2.05, 4.69) is 40.2 Å². The molecule has 3 aromatic carbocycles. The summed E-state index contributed by atoms with van der Waals surface area (Å²) in [7, 11) is 0. The Bertz CT molecular complexity index is 1390. The van der Waals surface area contributed by atoms with Crippen molar-refractivity contribution in [2.75, 3.05) is 0 Å². The molecular weight excluding hydrogens is 396 g/mol. The van der Waals surface area contributed by atoms with Crippen LogP contribution in [0.25, 0.3) is 21.7 Å². The lowest BCUT2D eigenvalue weighted by Gasteiger charge is -2.58. The summed E-state index contributed by atoms with van der Waals surface area (Å²) in [5, 5.41) is 14.6. The third kappa shape index (κ3) is 2.84. The number of nitrogen functional groups attached to an aromatic ring is 1. The second kappa shape index (κ2) is 6.95.